The molecule has 2 aromatic carbocycles. The van der Waals surface area contributed by atoms with E-state index in [2.05, 4.69) is 10.6 Å². The van der Waals surface area contributed by atoms with E-state index in [4.69, 9.17) is 9.47 Å². The molecule has 0 radical (unpaired) electrons. The summed E-state index contributed by atoms with van der Waals surface area (Å²) < 4.78 is 10.6. The van der Waals surface area contributed by atoms with E-state index in [1.165, 1.54) is 0 Å². The Balaban J connectivity index is 1.38. The van der Waals surface area contributed by atoms with Gasteiger partial charge in [-0.3, -0.25) is 9.69 Å². The molecule has 0 atom stereocenters. The van der Waals surface area contributed by atoms with Gasteiger partial charge < -0.3 is 20.1 Å². The normalized spacial score (nSPS) is 15.2. The van der Waals surface area contributed by atoms with Gasteiger partial charge in [-0.15, -0.1) is 0 Å². The van der Waals surface area contributed by atoms with Gasteiger partial charge >= 0.3 is 6.03 Å². The number of anilines is 2. The van der Waals surface area contributed by atoms with Gasteiger partial charge in [-0.05, 0) is 42.0 Å². The highest BCUT2D eigenvalue weighted by Gasteiger charge is 2.20. The zero-order valence-electron chi connectivity index (χ0n) is 13.5. The molecule has 2 aromatic rings. The first-order chi connectivity index (χ1) is 12.2. The summed E-state index contributed by atoms with van der Waals surface area (Å²) in [6.45, 7) is 1.51. The van der Waals surface area contributed by atoms with Gasteiger partial charge in [-0.1, -0.05) is 6.07 Å². The topological polar surface area (TPSA) is 79.9 Å². The number of rotatable bonds is 4. The highest BCUT2D eigenvalue weighted by molar-refractivity contribution is 5.95. The van der Waals surface area contributed by atoms with Crippen LogP contribution in [0.5, 0.6) is 11.5 Å². The molecule has 7 nitrogen and oxygen atoms in total. The molecule has 128 valence electrons. The van der Waals surface area contributed by atoms with Gasteiger partial charge in [0.05, 0.1) is 6.42 Å². The van der Waals surface area contributed by atoms with Crippen LogP contribution in [0.25, 0.3) is 0 Å². The molecule has 2 aliphatic heterocycles. The minimum Gasteiger partial charge on any atom is -0.454 e. The van der Waals surface area contributed by atoms with E-state index in [9.17, 15) is 9.59 Å². The fourth-order valence-corrected chi connectivity index (χ4v) is 2.88. The van der Waals surface area contributed by atoms with Gasteiger partial charge in [0.1, 0.15) is 0 Å². The predicted octanol–water partition coefficient (Wildman–Crippen LogP) is 2.13. The van der Waals surface area contributed by atoms with Crippen LogP contribution in [0, 0.1) is 0 Å². The van der Waals surface area contributed by atoms with E-state index in [-0.39, 0.29) is 25.2 Å². The first-order valence-electron chi connectivity index (χ1n) is 8.03. The highest BCUT2D eigenvalue weighted by atomic mass is 16.7. The number of carbonyl (C=O) groups excluding carboxylic acids is 2. The van der Waals surface area contributed by atoms with Gasteiger partial charge in [-0.25, -0.2) is 4.79 Å². The van der Waals surface area contributed by atoms with E-state index in [0.717, 1.165) is 11.3 Å². The fraction of sp³-hybridized carbons (Fsp3) is 0.222. The lowest BCUT2D eigenvalue weighted by Crippen LogP contribution is -2.27. The van der Waals surface area contributed by atoms with Crippen molar-refractivity contribution in [2.75, 3.05) is 30.1 Å². The summed E-state index contributed by atoms with van der Waals surface area (Å²) in [6.07, 6.45) is 0.243. The van der Waals surface area contributed by atoms with Crippen molar-refractivity contribution < 1.29 is 19.1 Å². The van der Waals surface area contributed by atoms with Crippen molar-refractivity contribution in [2.45, 2.75) is 6.42 Å². The summed E-state index contributed by atoms with van der Waals surface area (Å²) in [7, 11) is 0. The molecule has 25 heavy (non-hydrogen) atoms. The number of hydrogen-bond acceptors (Lipinski definition) is 4. The Bertz CT molecular complexity index is 820. The Labute approximate surface area is 144 Å². The highest BCUT2D eigenvalue weighted by Crippen LogP contribution is 2.32. The summed E-state index contributed by atoms with van der Waals surface area (Å²) in [6, 6.07) is 12.6. The third-order valence-electron chi connectivity index (χ3n) is 4.12. The van der Waals surface area contributed by atoms with Crippen molar-refractivity contribution in [3.05, 3.63) is 48.0 Å². The van der Waals surface area contributed by atoms with Crippen molar-refractivity contribution in [3.8, 4) is 11.5 Å². The molecule has 0 bridgehead atoms. The summed E-state index contributed by atoms with van der Waals surface area (Å²) in [4.78, 5) is 25.5. The Kier molecular flexibility index (Phi) is 3.89. The molecular formula is C18H17N3O4. The lowest BCUT2D eigenvalue weighted by Gasteiger charge is -2.14. The van der Waals surface area contributed by atoms with Crippen molar-refractivity contribution in [1.29, 1.82) is 0 Å². The van der Waals surface area contributed by atoms with Gasteiger partial charge in [0.25, 0.3) is 0 Å². The summed E-state index contributed by atoms with van der Waals surface area (Å²) in [5.74, 6) is 1.25. The molecule has 2 N–H and O–H groups in total. The molecule has 3 amide bonds. The van der Waals surface area contributed by atoms with Gasteiger partial charge in [-0.2, -0.15) is 0 Å². The third-order valence-corrected chi connectivity index (χ3v) is 4.12. The van der Waals surface area contributed by atoms with E-state index in [1.807, 2.05) is 24.3 Å². The molecule has 0 spiro atoms. The van der Waals surface area contributed by atoms with Crippen molar-refractivity contribution in [1.82, 2.24) is 5.32 Å². The fourth-order valence-electron chi connectivity index (χ4n) is 2.88. The average Bonchev–Trinajstić information content (AvgIpc) is 3.24. The Morgan fingerprint density at radius 1 is 1.12 bits per heavy atom. The maximum Gasteiger partial charge on any atom is 0.321 e. The zero-order valence-corrected chi connectivity index (χ0v) is 13.5. The number of nitrogens with one attached hydrogen (secondary N) is 2. The maximum atomic E-state index is 12.2. The standard InChI is InChI=1S/C18H17N3O4/c22-17(10-12-1-6-15-16(9-12)25-11-24-15)20-13-2-4-14(5-3-13)21-8-7-19-18(21)23/h1-6,9H,7-8,10-11H2,(H,19,23)(H,20,22). The molecule has 0 aliphatic carbocycles. The summed E-state index contributed by atoms with van der Waals surface area (Å²) >= 11 is 0. The number of hydrogen-bond donors (Lipinski definition) is 2. The first kappa shape index (κ1) is 15.3. The smallest absolute Gasteiger partial charge is 0.321 e. The lowest BCUT2D eigenvalue weighted by atomic mass is 10.1. The van der Waals surface area contributed by atoms with E-state index in [1.54, 1.807) is 23.1 Å². The predicted molar refractivity (Wildman–Crippen MR) is 92.1 cm³/mol. The van der Waals surface area contributed by atoms with Gasteiger partial charge in [0.2, 0.25) is 12.7 Å². The second-order valence-corrected chi connectivity index (χ2v) is 5.84. The van der Waals surface area contributed by atoms with Crippen LogP contribution in [0.15, 0.2) is 42.5 Å². The summed E-state index contributed by atoms with van der Waals surface area (Å²) in [5.41, 5.74) is 2.35. The maximum absolute atomic E-state index is 12.2. The zero-order chi connectivity index (χ0) is 17.2. The summed E-state index contributed by atoms with van der Waals surface area (Å²) in [5, 5.41) is 5.62. The quantitative estimate of drug-likeness (QED) is 0.894. The second-order valence-electron chi connectivity index (χ2n) is 5.84. The van der Waals surface area contributed by atoms with Gasteiger partial charge in [0, 0.05) is 24.5 Å². The number of amides is 3. The van der Waals surface area contributed by atoms with Crippen LogP contribution < -0.4 is 25.0 Å². The molecule has 2 heterocycles. The largest absolute Gasteiger partial charge is 0.454 e. The van der Waals surface area contributed by atoms with Crippen molar-refractivity contribution >= 4 is 23.3 Å². The van der Waals surface area contributed by atoms with E-state index in [0.29, 0.717) is 30.3 Å². The van der Waals surface area contributed by atoms with Crippen molar-refractivity contribution in [3.63, 3.8) is 0 Å². The molecule has 7 heteroatoms. The number of nitrogens with zero attached hydrogens (tertiary/aromatic N) is 1. The average molecular weight is 339 g/mol. The van der Waals surface area contributed by atoms with Crippen LogP contribution >= 0.6 is 0 Å². The molecule has 4 rings (SSSR count). The number of benzene rings is 2. The Morgan fingerprint density at radius 3 is 2.68 bits per heavy atom. The van der Waals surface area contributed by atoms with Crippen LogP contribution in [0.4, 0.5) is 16.2 Å². The Morgan fingerprint density at radius 2 is 1.92 bits per heavy atom. The number of carbonyl (C=O) groups is 2. The molecule has 0 unspecified atom stereocenters. The van der Waals surface area contributed by atoms with E-state index < -0.39 is 0 Å². The minimum absolute atomic E-state index is 0.0976. The van der Waals surface area contributed by atoms with Gasteiger partial charge in [0.15, 0.2) is 11.5 Å². The minimum atomic E-state index is -0.120. The van der Waals surface area contributed by atoms with Crippen LogP contribution in [0.1, 0.15) is 5.56 Å². The van der Waals surface area contributed by atoms with Crippen molar-refractivity contribution in [2.24, 2.45) is 0 Å². The second kappa shape index (κ2) is 6.35. The molecule has 2 aliphatic rings. The number of ether oxygens (including phenoxy) is 2. The molecular weight excluding hydrogens is 322 g/mol. The molecule has 0 saturated carbocycles. The molecule has 1 fully saturated rings. The van der Waals surface area contributed by atoms with E-state index >= 15 is 0 Å². The first-order valence-corrected chi connectivity index (χ1v) is 8.03. The molecule has 1 saturated heterocycles. The molecule has 0 aromatic heterocycles. The van der Waals surface area contributed by atoms with Crippen LogP contribution in [-0.2, 0) is 11.2 Å². The van der Waals surface area contributed by atoms with Crippen LogP contribution in [-0.4, -0.2) is 31.8 Å². The third kappa shape index (κ3) is 3.21. The number of fused-ring (bicyclic) bond motifs is 1. The monoisotopic (exact) mass is 339 g/mol. The number of urea groups is 1. The SMILES string of the molecule is O=C(Cc1ccc2c(c1)OCO2)Nc1ccc(N2CCNC2=O)cc1. The van der Waals surface area contributed by atoms with Crippen LogP contribution in [0.2, 0.25) is 0 Å². The lowest BCUT2D eigenvalue weighted by molar-refractivity contribution is -0.115. The Hall–Kier alpha value is -3.22. The van der Waals surface area contributed by atoms with Crippen LogP contribution in [0.3, 0.4) is 0 Å².